The van der Waals surface area contributed by atoms with Crippen molar-refractivity contribution in [2.24, 2.45) is 0 Å². The van der Waals surface area contributed by atoms with Crippen LogP contribution in [0.25, 0.3) is 11.1 Å². The zero-order chi connectivity index (χ0) is 32.2. The second kappa shape index (κ2) is 13.2. The van der Waals surface area contributed by atoms with E-state index in [0.717, 1.165) is 29.5 Å². The molecule has 4 aromatic rings. The van der Waals surface area contributed by atoms with Crippen molar-refractivity contribution < 1.29 is 19.1 Å². The molecule has 4 heteroatoms. The average Bonchev–Trinajstić information content (AvgIpc) is 3.01. The molecule has 0 aliphatic rings. The largest absolute Gasteiger partial charge is 0.459 e. The van der Waals surface area contributed by atoms with Gasteiger partial charge in [0, 0.05) is 5.41 Å². The SMILES string of the molecule is CCC(C)(CC)c1ccc(C(C)(C)c2ccc(OC(=O)c3ccc(-c4ccc(C(=O)OC(C)C)cc4)cc3)c(C)c2)cc1C. The monoisotopic (exact) mass is 590 g/mol. The number of hydrogen-bond acceptors (Lipinski definition) is 4. The number of esters is 2. The minimum absolute atomic E-state index is 0.168. The lowest BCUT2D eigenvalue weighted by molar-refractivity contribution is 0.0377. The predicted molar refractivity (Wildman–Crippen MR) is 180 cm³/mol. The van der Waals surface area contributed by atoms with E-state index in [9.17, 15) is 9.59 Å². The lowest BCUT2D eigenvalue weighted by atomic mass is 9.72. The van der Waals surface area contributed by atoms with E-state index < -0.39 is 5.97 Å². The maximum absolute atomic E-state index is 13.1. The first-order chi connectivity index (χ1) is 20.8. The lowest BCUT2D eigenvalue weighted by Gasteiger charge is -2.32. The zero-order valence-corrected chi connectivity index (χ0v) is 27.7. The Hall–Kier alpha value is -4.18. The van der Waals surface area contributed by atoms with Crippen LogP contribution in [0.5, 0.6) is 5.75 Å². The second-order valence-electron chi connectivity index (χ2n) is 12.9. The highest BCUT2D eigenvalue weighted by Crippen LogP contribution is 2.38. The molecule has 4 aromatic carbocycles. The maximum Gasteiger partial charge on any atom is 0.343 e. The summed E-state index contributed by atoms with van der Waals surface area (Å²) in [5.41, 5.74) is 8.93. The van der Waals surface area contributed by atoms with Crippen LogP contribution in [0.2, 0.25) is 0 Å². The van der Waals surface area contributed by atoms with Crippen LogP contribution in [0, 0.1) is 13.8 Å². The summed E-state index contributed by atoms with van der Waals surface area (Å²) in [5.74, 6) is -0.192. The van der Waals surface area contributed by atoms with Gasteiger partial charge in [-0.2, -0.15) is 0 Å². The summed E-state index contributed by atoms with van der Waals surface area (Å²) in [6.45, 7) is 19.2. The summed E-state index contributed by atoms with van der Waals surface area (Å²) >= 11 is 0. The molecule has 4 nitrogen and oxygen atoms in total. The Balaban J connectivity index is 1.47. The van der Waals surface area contributed by atoms with Crippen molar-refractivity contribution in [1.82, 2.24) is 0 Å². The molecule has 0 heterocycles. The van der Waals surface area contributed by atoms with Gasteiger partial charge in [-0.05, 0) is 115 Å². The van der Waals surface area contributed by atoms with Crippen LogP contribution < -0.4 is 4.74 Å². The number of rotatable bonds is 10. The van der Waals surface area contributed by atoms with Crippen molar-refractivity contribution in [1.29, 1.82) is 0 Å². The Morgan fingerprint density at radius 3 is 1.59 bits per heavy atom. The Labute approximate surface area is 263 Å². The van der Waals surface area contributed by atoms with Gasteiger partial charge in [-0.1, -0.05) is 89.2 Å². The molecule has 0 aliphatic carbocycles. The number of ether oxygens (including phenoxy) is 2. The fourth-order valence-corrected chi connectivity index (χ4v) is 5.72. The van der Waals surface area contributed by atoms with Crippen LogP contribution in [0.15, 0.2) is 84.9 Å². The van der Waals surface area contributed by atoms with Gasteiger partial charge >= 0.3 is 11.9 Å². The number of aryl methyl sites for hydroxylation is 2. The molecule has 0 saturated heterocycles. The van der Waals surface area contributed by atoms with Crippen molar-refractivity contribution in [2.75, 3.05) is 0 Å². The molecule has 0 saturated carbocycles. The van der Waals surface area contributed by atoms with E-state index in [1.165, 1.54) is 22.3 Å². The Kier molecular flexibility index (Phi) is 9.83. The first-order valence-electron chi connectivity index (χ1n) is 15.7. The van der Waals surface area contributed by atoms with E-state index in [-0.39, 0.29) is 22.9 Å². The van der Waals surface area contributed by atoms with Crippen molar-refractivity contribution in [3.8, 4) is 16.9 Å². The van der Waals surface area contributed by atoms with E-state index in [0.29, 0.717) is 16.9 Å². The second-order valence-corrected chi connectivity index (χ2v) is 12.9. The fourth-order valence-electron chi connectivity index (χ4n) is 5.72. The first kappa shape index (κ1) is 32.7. The molecular formula is C40H46O4. The molecule has 4 rings (SSSR count). The smallest absolute Gasteiger partial charge is 0.343 e. The highest BCUT2D eigenvalue weighted by Gasteiger charge is 2.28. The molecule has 0 aliphatic heterocycles. The standard InChI is InChI=1S/C40H46O4/c1-10-40(9,11-2)35-22-20-33(24-27(35)5)39(7,8)34-21-23-36(28(6)25-34)44-38(42)32-18-14-30(15-19-32)29-12-16-31(17-13-29)37(41)43-26(3)4/h12-26H,10-11H2,1-9H3. The van der Waals surface area contributed by atoms with Gasteiger partial charge in [-0.3, -0.25) is 0 Å². The summed E-state index contributed by atoms with van der Waals surface area (Å²) in [6, 6.07) is 27.5. The third kappa shape index (κ3) is 6.96. The predicted octanol–water partition coefficient (Wildman–Crippen LogP) is 10.2. The van der Waals surface area contributed by atoms with Crippen molar-refractivity contribution >= 4 is 11.9 Å². The van der Waals surface area contributed by atoms with Gasteiger partial charge in [0.2, 0.25) is 0 Å². The van der Waals surface area contributed by atoms with Gasteiger partial charge in [-0.15, -0.1) is 0 Å². The highest BCUT2D eigenvalue weighted by atomic mass is 16.5. The van der Waals surface area contributed by atoms with E-state index in [4.69, 9.17) is 9.47 Å². The van der Waals surface area contributed by atoms with Crippen LogP contribution >= 0.6 is 0 Å². The number of hydrogen-bond donors (Lipinski definition) is 0. The molecule has 0 fully saturated rings. The minimum atomic E-state index is -0.403. The summed E-state index contributed by atoms with van der Waals surface area (Å²) in [6.07, 6.45) is 2.06. The zero-order valence-electron chi connectivity index (χ0n) is 27.7. The van der Waals surface area contributed by atoms with Crippen LogP contribution in [-0.2, 0) is 15.6 Å². The van der Waals surface area contributed by atoms with E-state index in [1.807, 2.05) is 51.1 Å². The Morgan fingerprint density at radius 1 is 0.659 bits per heavy atom. The summed E-state index contributed by atoms with van der Waals surface area (Å²) < 4.78 is 11.1. The number of benzene rings is 4. The minimum Gasteiger partial charge on any atom is -0.459 e. The van der Waals surface area contributed by atoms with Crippen LogP contribution in [-0.4, -0.2) is 18.0 Å². The molecule has 0 atom stereocenters. The Bertz CT molecular complexity index is 1620. The summed E-state index contributed by atoms with van der Waals surface area (Å²) in [4.78, 5) is 25.2. The van der Waals surface area contributed by atoms with Gasteiger partial charge in [0.1, 0.15) is 5.75 Å². The van der Waals surface area contributed by atoms with Crippen molar-refractivity contribution in [3.63, 3.8) is 0 Å². The Morgan fingerprint density at radius 2 is 1.14 bits per heavy atom. The van der Waals surface area contributed by atoms with Crippen molar-refractivity contribution in [2.45, 2.75) is 92.1 Å². The molecule has 0 radical (unpaired) electrons. The van der Waals surface area contributed by atoms with Gasteiger partial charge in [0.05, 0.1) is 17.2 Å². The van der Waals surface area contributed by atoms with Gasteiger partial charge in [0.15, 0.2) is 0 Å². The molecule has 0 amide bonds. The third-order valence-corrected chi connectivity index (χ3v) is 9.18. The normalized spacial score (nSPS) is 11.9. The quantitative estimate of drug-likeness (QED) is 0.136. The molecule has 230 valence electrons. The highest BCUT2D eigenvalue weighted by molar-refractivity contribution is 5.92. The average molecular weight is 591 g/mol. The van der Waals surface area contributed by atoms with Crippen molar-refractivity contribution in [3.05, 3.63) is 124 Å². The topological polar surface area (TPSA) is 52.6 Å². The van der Waals surface area contributed by atoms with Crippen LogP contribution in [0.4, 0.5) is 0 Å². The maximum atomic E-state index is 13.1. The third-order valence-electron chi connectivity index (χ3n) is 9.18. The molecule has 0 bridgehead atoms. The van der Waals surface area contributed by atoms with Crippen LogP contribution in [0.1, 0.15) is 110 Å². The van der Waals surface area contributed by atoms with Gasteiger partial charge in [0.25, 0.3) is 0 Å². The summed E-state index contributed by atoms with van der Waals surface area (Å²) in [7, 11) is 0. The lowest BCUT2D eigenvalue weighted by Crippen LogP contribution is -2.23. The van der Waals surface area contributed by atoms with E-state index in [2.05, 4.69) is 71.9 Å². The van der Waals surface area contributed by atoms with E-state index in [1.54, 1.807) is 24.3 Å². The molecule has 0 N–H and O–H groups in total. The van der Waals surface area contributed by atoms with Gasteiger partial charge in [-0.25, -0.2) is 9.59 Å². The molecule has 0 unspecified atom stereocenters. The first-order valence-corrected chi connectivity index (χ1v) is 15.7. The molecule has 0 aromatic heterocycles. The molecular weight excluding hydrogens is 544 g/mol. The van der Waals surface area contributed by atoms with Gasteiger partial charge < -0.3 is 9.47 Å². The van der Waals surface area contributed by atoms with E-state index >= 15 is 0 Å². The molecule has 0 spiro atoms. The summed E-state index contributed by atoms with van der Waals surface area (Å²) in [5, 5.41) is 0. The number of carbonyl (C=O) groups is 2. The molecule has 44 heavy (non-hydrogen) atoms. The number of carbonyl (C=O) groups excluding carboxylic acids is 2. The fraction of sp³-hybridized carbons (Fsp3) is 0.350. The van der Waals surface area contributed by atoms with Crippen LogP contribution in [0.3, 0.4) is 0 Å².